The van der Waals surface area contributed by atoms with Gasteiger partial charge in [-0.2, -0.15) is 0 Å². The number of hydrogen-bond acceptors (Lipinski definition) is 2. The third kappa shape index (κ3) is 2.54. The van der Waals surface area contributed by atoms with Crippen molar-refractivity contribution in [3.8, 4) is 11.1 Å². The molecule has 1 saturated heterocycles. The Bertz CT molecular complexity index is 703. The number of likely N-dealkylation sites (tertiary alicyclic amines) is 1. The standard InChI is InChI=1S/C19H20N2O/c1-19(12-17(20)21(2)18(22)13-19)16-10-6-9-15(11-16)14-7-4-3-5-8-14/h3-11,20H,12-13H2,1-2H3/t19-/m0/s1. The van der Waals surface area contributed by atoms with Crippen LogP contribution in [0.1, 0.15) is 25.3 Å². The molecule has 2 aromatic rings. The van der Waals surface area contributed by atoms with E-state index in [9.17, 15) is 4.79 Å². The fourth-order valence-corrected chi connectivity index (χ4v) is 3.06. The zero-order valence-corrected chi connectivity index (χ0v) is 13.0. The zero-order valence-electron chi connectivity index (χ0n) is 13.0. The van der Waals surface area contributed by atoms with Crippen molar-refractivity contribution in [1.82, 2.24) is 4.90 Å². The van der Waals surface area contributed by atoms with Gasteiger partial charge in [-0.1, -0.05) is 61.5 Å². The van der Waals surface area contributed by atoms with Gasteiger partial charge in [0.05, 0.1) is 0 Å². The van der Waals surface area contributed by atoms with Gasteiger partial charge in [-0.05, 0) is 16.7 Å². The first-order chi connectivity index (χ1) is 10.5. The second-order valence-corrected chi connectivity index (χ2v) is 6.26. The molecule has 0 aromatic heterocycles. The summed E-state index contributed by atoms with van der Waals surface area (Å²) in [4.78, 5) is 13.6. The van der Waals surface area contributed by atoms with Gasteiger partial charge in [-0.25, -0.2) is 0 Å². The van der Waals surface area contributed by atoms with Gasteiger partial charge in [0.2, 0.25) is 5.91 Å². The van der Waals surface area contributed by atoms with Crippen LogP contribution in [-0.4, -0.2) is 23.7 Å². The highest BCUT2D eigenvalue weighted by atomic mass is 16.2. The molecule has 1 fully saturated rings. The fourth-order valence-electron chi connectivity index (χ4n) is 3.06. The summed E-state index contributed by atoms with van der Waals surface area (Å²) >= 11 is 0. The maximum absolute atomic E-state index is 12.1. The van der Waals surface area contributed by atoms with E-state index in [-0.39, 0.29) is 11.3 Å². The Labute approximate surface area is 131 Å². The minimum absolute atomic E-state index is 0.0175. The number of nitrogens with zero attached hydrogens (tertiary/aromatic N) is 1. The lowest BCUT2D eigenvalue weighted by molar-refractivity contribution is -0.128. The summed E-state index contributed by atoms with van der Waals surface area (Å²) in [5, 5.41) is 8.05. The SMILES string of the molecule is CN1C(=N)C[C@](C)(c2cccc(-c3ccccc3)c2)CC1=O. The number of carbonyl (C=O) groups is 1. The lowest BCUT2D eigenvalue weighted by Crippen LogP contribution is -2.46. The molecule has 1 aliphatic rings. The van der Waals surface area contributed by atoms with E-state index in [0.29, 0.717) is 18.7 Å². The maximum atomic E-state index is 12.1. The number of carbonyl (C=O) groups excluding carboxylic acids is 1. The van der Waals surface area contributed by atoms with Crippen molar-refractivity contribution in [2.45, 2.75) is 25.2 Å². The lowest BCUT2D eigenvalue weighted by Gasteiger charge is -2.38. The monoisotopic (exact) mass is 292 g/mol. The topological polar surface area (TPSA) is 44.2 Å². The largest absolute Gasteiger partial charge is 0.304 e. The van der Waals surface area contributed by atoms with Crippen LogP contribution in [0.25, 0.3) is 11.1 Å². The quantitative estimate of drug-likeness (QED) is 0.898. The van der Waals surface area contributed by atoms with Crippen LogP contribution in [0.3, 0.4) is 0 Å². The first kappa shape index (κ1) is 14.5. The summed E-state index contributed by atoms with van der Waals surface area (Å²) in [5.74, 6) is 0.410. The second kappa shape index (κ2) is 5.41. The highest BCUT2D eigenvalue weighted by Crippen LogP contribution is 2.37. The Morgan fingerprint density at radius 1 is 1.00 bits per heavy atom. The van der Waals surface area contributed by atoms with E-state index in [1.54, 1.807) is 7.05 Å². The van der Waals surface area contributed by atoms with E-state index in [1.165, 1.54) is 10.5 Å². The van der Waals surface area contributed by atoms with Crippen LogP contribution in [0, 0.1) is 5.41 Å². The van der Waals surface area contributed by atoms with Crippen LogP contribution < -0.4 is 0 Å². The molecule has 1 aliphatic heterocycles. The summed E-state index contributed by atoms with van der Waals surface area (Å²) in [6.45, 7) is 2.08. The summed E-state index contributed by atoms with van der Waals surface area (Å²) in [6.07, 6.45) is 1.04. The summed E-state index contributed by atoms with van der Waals surface area (Å²) in [5.41, 5.74) is 3.14. The lowest BCUT2D eigenvalue weighted by atomic mass is 9.73. The minimum Gasteiger partial charge on any atom is -0.304 e. The third-order valence-electron chi connectivity index (χ3n) is 4.54. The average Bonchev–Trinajstić information content (AvgIpc) is 2.53. The number of rotatable bonds is 2. The second-order valence-electron chi connectivity index (χ2n) is 6.26. The van der Waals surface area contributed by atoms with Crippen LogP contribution in [0.15, 0.2) is 54.6 Å². The molecule has 112 valence electrons. The Hall–Kier alpha value is -2.42. The van der Waals surface area contributed by atoms with Crippen LogP contribution in [0.2, 0.25) is 0 Å². The molecular weight excluding hydrogens is 272 g/mol. The van der Waals surface area contributed by atoms with Gasteiger partial charge in [-0.3, -0.25) is 10.2 Å². The van der Waals surface area contributed by atoms with Gasteiger partial charge in [-0.15, -0.1) is 0 Å². The van der Waals surface area contributed by atoms with Gasteiger partial charge in [0.15, 0.2) is 0 Å². The van der Waals surface area contributed by atoms with Crippen molar-refractivity contribution in [3.63, 3.8) is 0 Å². The first-order valence-electron chi connectivity index (χ1n) is 7.49. The van der Waals surface area contributed by atoms with Gasteiger partial charge in [0, 0.05) is 25.3 Å². The van der Waals surface area contributed by atoms with E-state index < -0.39 is 0 Å². The van der Waals surface area contributed by atoms with Crippen molar-refractivity contribution in [2.24, 2.45) is 0 Å². The normalized spacial score (nSPS) is 22.0. The van der Waals surface area contributed by atoms with E-state index in [1.807, 2.05) is 24.3 Å². The highest BCUT2D eigenvalue weighted by molar-refractivity contribution is 6.00. The third-order valence-corrected chi connectivity index (χ3v) is 4.54. The molecule has 0 saturated carbocycles. The Kier molecular flexibility index (Phi) is 3.57. The summed E-state index contributed by atoms with van der Waals surface area (Å²) in [6, 6.07) is 18.6. The van der Waals surface area contributed by atoms with Crippen molar-refractivity contribution >= 4 is 11.7 Å². The van der Waals surface area contributed by atoms with E-state index in [2.05, 4.69) is 37.3 Å². The molecule has 1 amide bonds. The van der Waals surface area contributed by atoms with Gasteiger partial charge in [0.25, 0.3) is 0 Å². The molecule has 1 atom stereocenters. The average molecular weight is 292 g/mol. The predicted octanol–water partition coefficient (Wildman–Crippen LogP) is 3.84. The molecule has 3 nitrogen and oxygen atoms in total. The molecule has 1 heterocycles. The van der Waals surface area contributed by atoms with E-state index in [4.69, 9.17) is 5.41 Å². The molecule has 0 aliphatic carbocycles. The number of nitrogens with one attached hydrogen (secondary N) is 1. The van der Waals surface area contributed by atoms with E-state index in [0.717, 1.165) is 11.1 Å². The minimum atomic E-state index is -0.300. The molecule has 0 bridgehead atoms. The predicted molar refractivity (Wildman–Crippen MR) is 89.0 cm³/mol. The van der Waals surface area contributed by atoms with Crippen LogP contribution >= 0.6 is 0 Å². The Balaban J connectivity index is 1.99. The summed E-state index contributed by atoms with van der Waals surface area (Å²) in [7, 11) is 1.69. The molecule has 1 N–H and O–H groups in total. The number of amides is 1. The Morgan fingerprint density at radius 3 is 2.36 bits per heavy atom. The molecule has 0 unspecified atom stereocenters. The highest BCUT2D eigenvalue weighted by Gasteiger charge is 2.38. The molecule has 2 aromatic carbocycles. The maximum Gasteiger partial charge on any atom is 0.228 e. The number of amidine groups is 1. The number of hydrogen-bond donors (Lipinski definition) is 1. The van der Waals surface area contributed by atoms with Crippen molar-refractivity contribution in [1.29, 1.82) is 5.41 Å². The molecule has 3 heteroatoms. The van der Waals surface area contributed by atoms with E-state index >= 15 is 0 Å². The Morgan fingerprint density at radius 2 is 1.68 bits per heavy atom. The molecule has 0 spiro atoms. The first-order valence-corrected chi connectivity index (χ1v) is 7.49. The van der Waals surface area contributed by atoms with Crippen molar-refractivity contribution < 1.29 is 4.79 Å². The summed E-state index contributed by atoms with van der Waals surface area (Å²) < 4.78 is 0. The van der Waals surface area contributed by atoms with Crippen LogP contribution in [0.5, 0.6) is 0 Å². The van der Waals surface area contributed by atoms with Crippen molar-refractivity contribution in [3.05, 3.63) is 60.2 Å². The molecule has 0 radical (unpaired) electrons. The number of benzene rings is 2. The van der Waals surface area contributed by atoms with Crippen LogP contribution in [0.4, 0.5) is 0 Å². The fraction of sp³-hybridized carbons (Fsp3) is 0.263. The van der Waals surface area contributed by atoms with Crippen molar-refractivity contribution in [2.75, 3.05) is 7.05 Å². The van der Waals surface area contributed by atoms with Gasteiger partial charge in [0.1, 0.15) is 5.84 Å². The number of piperidine rings is 1. The zero-order chi connectivity index (χ0) is 15.7. The molecular formula is C19H20N2O. The molecule has 22 heavy (non-hydrogen) atoms. The smallest absolute Gasteiger partial charge is 0.228 e. The van der Waals surface area contributed by atoms with Gasteiger partial charge >= 0.3 is 0 Å². The van der Waals surface area contributed by atoms with Crippen LogP contribution in [-0.2, 0) is 10.2 Å². The van der Waals surface area contributed by atoms with Gasteiger partial charge < -0.3 is 4.90 Å². The molecule has 3 rings (SSSR count).